The number of nitrogens with one attached hydrogen (secondary N) is 1. The van der Waals surface area contributed by atoms with Gasteiger partial charge in [-0.25, -0.2) is 4.79 Å². The first-order valence-electron chi connectivity index (χ1n) is 10.3. The minimum absolute atomic E-state index is 0.0485. The summed E-state index contributed by atoms with van der Waals surface area (Å²) in [4.78, 5) is 19.4. The van der Waals surface area contributed by atoms with E-state index in [0.29, 0.717) is 30.3 Å². The van der Waals surface area contributed by atoms with Gasteiger partial charge in [0.25, 0.3) is 0 Å². The van der Waals surface area contributed by atoms with E-state index >= 15 is 0 Å². The maximum atomic E-state index is 13.0. The van der Waals surface area contributed by atoms with Gasteiger partial charge < -0.3 is 19.5 Å². The Bertz CT molecular complexity index is 839. The SMILES string of the molecule is CCOc1noc(C2CC3CCC2N(C(=O)NC2CC2c2ccccc2)C3)n1. The number of hydrogen-bond donors (Lipinski definition) is 1. The van der Waals surface area contributed by atoms with Crippen molar-refractivity contribution in [3.63, 3.8) is 0 Å². The Morgan fingerprint density at radius 1 is 1.25 bits per heavy atom. The summed E-state index contributed by atoms with van der Waals surface area (Å²) >= 11 is 0. The van der Waals surface area contributed by atoms with Gasteiger partial charge in [-0.05, 0) is 49.2 Å². The molecule has 4 aliphatic rings. The maximum Gasteiger partial charge on any atom is 0.354 e. The Morgan fingerprint density at radius 2 is 2.11 bits per heavy atom. The third-order valence-electron chi connectivity index (χ3n) is 6.38. The summed E-state index contributed by atoms with van der Waals surface area (Å²) in [7, 11) is 0. The van der Waals surface area contributed by atoms with E-state index in [1.54, 1.807) is 0 Å². The molecule has 2 aromatic rings. The zero-order valence-electron chi connectivity index (χ0n) is 16.1. The fraction of sp³-hybridized carbons (Fsp3) is 0.571. The Morgan fingerprint density at radius 3 is 2.89 bits per heavy atom. The predicted molar refractivity (Wildman–Crippen MR) is 102 cm³/mol. The van der Waals surface area contributed by atoms with Crippen LogP contribution in [0.3, 0.4) is 0 Å². The first kappa shape index (κ1) is 17.5. The zero-order valence-corrected chi connectivity index (χ0v) is 16.1. The Hall–Kier alpha value is -2.57. The quantitative estimate of drug-likeness (QED) is 0.858. The van der Waals surface area contributed by atoms with E-state index in [1.807, 2.05) is 17.9 Å². The molecule has 2 amide bonds. The number of ether oxygens (including phenoxy) is 1. The average molecular weight is 382 g/mol. The van der Waals surface area contributed by atoms with Gasteiger partial charge in [-0.3, -0.25) is 0 Å². The van der Waals surface area contributed by atoms with E-state index in [0.717, 1.165) is 32.2 Å². The molecule has 1 N–H and O–H groups in total. The van der Waals surface area contributed by atoms with Crippen LogP contribution in [0, 0.1) is 5.92 Å². The molecule has 28 heavy (non-hydrogen) atoms. The summed E-state index contributed by atoms with van der Waals surface area (Å²) in [5.41, 5.74) is 1.31. The number of carbonyl (C=O) groups excluding carboxylic acids is 1. The molecule has 2 saturated carbocycles. The molecule has 5 atom stereocenters. The second-order valence-corrected chi connectivity index (χ2v) is 8.16. The van der Waals surface area contributed by atoms with E-state index in [4.69, 9.17) is 9.26 Å². The van der Waals surface area contributed by atoms with E-state index in [2.05, 4.69) is 39.7 Å². The van der Waals surface area contributed by atoms with Crippen molar-refractivity contribution in [3.05, 3.63) is 41.8 Å². The lowest BCUT2D eigenvalue weighted by Gasteiger charge is -2.48. The minimum Gasteiger partial charge on any atom is -0.462 e. The third-order valence-corrected chi connectivity index (χ3v) is 6.38. The van der Waals surface area contributed by atoms with Gasteiger partial charge in [0.05, 0.1) is 12.5 Å². The van der Waals surface area contributed by atoms with E-state index in [-0.39, 0.29) is 24.0 Å². The molecule has 2 aliphatic carbocycles. The van der Waals surface area contributed by atoms with Crippen LogP contribution in [0.2, 0.25) is 0 Å². The summed E-state index contributed by atoms with van der Waals surface area (Å²) in [5.74, 6) is 1.63. The van der Waals surface area contributed by atoms with Crippen molar-refractivity contribution in [2.75, 3.05) is 13.2 Å². The number of hydrogen-bond acceptors (Lipinski definition) is 5. The van der Waals surface area contributed by atoms with Crippen molar-refractivity contribution in [2.45, 2.75) is 56.5 Å². The van der Waals surface area contributed by atoms with Gasteiger partial charge in [0.1, 0.15) is 0 Å². The van der Waals surface area contributed by atoms with Crippen LogP contribution in [-0.2, 0) is 0 Å². The van der Waals surface area contributed by atoms with Crippen LogP contribution in [0.5, 0.6) is 6.01 Å². The molecule has 2 aliphatic heterocycles. The number of rotatable bonds is 5. The number of urea groups is 1. The van der Waals surface area contributed by atoms with Crippen LogP contribution in [-0.4, -0.2) is 46.3 Å². The van der Waals surface area contributed by atoms with Crippen LogP contribution in [0.15, 0.2) is 34.9 Å². The lowest BCUT2D eigenvalue weighted by atomic mass is 9.73. The second kappa shape index (κ2) is 7.11. The molecule has 6 rings (SSSR count). The van der Waals surface area contributed by atoms with E-state index < -0.39 is 0 Å². The molecule has 7 heteroatoms. The molecular weight excluding hydrogens is 356 g/mol. The fourth-order valence-corrected chi connectivity index (χ4v) is 4.92. The summed E-state index contributed by atoms with van der Waals surface area (Å²) in [5, 5.41) is 7.16. The van der Waals surface area contributed by atoms with Crippen LogP contribution in [0.25, 0.3) is 0 Å². The number of nitrogens with zero attached hydrogens (tertiary/aromatic N) is 3. The lowest BCUT2D eigenvalue weighted by Crippen LogP contribution is -2.57. The van der Waals surface area contributed by atoms with Gasteiger partial charge in [0.2, 0.25) is 5.89 Å². The smallest absolute Gasteiger partial charge is 0.354 e. The number of amides is 2. The van der Waals surface area contributed by atoms with Gasteiger partial charge in [0, 0.05) is 24.5 Å². The summed E-state index contributed by atoms with van der Waals surface area (Å²) in [6.45, 7) is 3.22. The summed E-state index contributed by atoms with van der Waals surface area (Å²) < 4.78 is 10.8. The topological polar surface area (TPSA) is 80.5 Å². The summed E-state index contributed by atoms with van der Waals surface area (Å²) in [6, 6.07) is 11.1. The lowest BCUT2D eigenvalue weighted by molar-refractivity contribution is 0.0462. The first-order chi connectivity index (χ1) is 13.7. The molecule has 7 nitrogen and oxygen atoms in total. The molecule has 3 heterocycles. The highest BCUT2D eigenvalue weighted by atomic mass is 16.5. The van der Waals surface area contributed by atoms with Gasteiger partial charge in [-0.2, -0.15) is 4.98 Å². The van der Waals surface area contributed by atoms with Crippen molar-refractivity contribution in [1.82, 2.24) is 20.4 Å². The molecule has 1 aromatic carbocycles. The van der Waals surface area contributed by atoms with Crippen molar-refractivity contribution < 1.29 is 14.1 Å². The van der Waals surface area contributed by atoms with Crippen LogP contribution in [0.1, 0.15) is 55.9 Å². The highest BCUT2D eigenvalue weighted by Crippen LogP contribution is 2.45. The average Bonchev–Trinajstić information content (AvgIpc) is 3.35. The maximum absolute atomic E-state index is 13.0. The van der Waals surface area contributed by atoms with Gasteiger partial charge in [-0.1, -0.05) is 30.3 Å². The summed E-state index contributed by atoms with van der Waals surface area (Å²) in [6.07, 6.45) is 4.16. The molecule has 148 valence electrons. The van der Waals surface area contributed by atoms with E-state index in [1.165, 1.54) is 5.56 Å². The fourth-order valence-electron chi connectivity index (χ4n) is 4.92. The molecule has 4 fully saturated rings. The Labute approximate surface area is 164 Å². The number of piperidine rings is 2. The molecule has 1 aromatic heterocycles. The molecule has 0 spiro atoms. The second-order valence-electron chi connectivity index (χ2n) is 8.16. The minimum atomic E-state index is 0.0485. The highest BCUT2D eigenvalue weighted by Gasteiger charge is 2.47. The molecule has 2 saturated heterocycles. The predicted octanol–water partition coefficient (Wildman–Crippen LogP) is 3.30. The molecule has 2 bridgehead atoms. The number of aromatic nitrogens is 2. The largest absolute Gasteiger partial charge is 0.462 e. The Kier molecular flexibility index (Phi) is 4.45. The van der Waals surface area contributed by atoms with Crippen molar-refractivity contribution in [1.29, 1.82) is 0 Å². The molecular formula is C21H26N4O3. The first-order valence-corrected chi connectivity index (χ1v) is 10.3. The number of fused-ring (bicyclic) bond motifs is 3. The van der Waals surface area contributed by atoms with Crippen molar-refractivity contribution >= 4 is 6.03 Å². The molecule has 5 unspecified atom stereocenters. The van der Waals surface area contributed by atoms with Gasteiger partial charge in [-0.15, -0.1) is 0 Å². The normalized spacial score (nSPS) is 30.9. The highest BCUT2D eigenvalue weighted by molar-refractivity contribution is 5.76. The molecule has 0 radical (unpaired) electrons. The van der Waals surface area contributed by atoms with Gasteiger partial charge >= 0.3 is 12.0 Å². The number of carbonyl (C=O) groups is 1. The van der Waals surface area contributed by atoms with Crippen LogP contribution < -0.4 is 10.1 Å². The van der Waals surface area contributed by atoms with E-state index in [9.17, 15) is 4.79 Å². The monoisotopic (exact) mass is 382 g/mol. The van der Waals surface area contributed by atoms with Crippen LogP contribution in [0.4, 0.5) is 4.79 Å². The van der Waals surface area contributed by atoms with Crippen LogP contribution >= 0.6 is 0 Å². The standard InChI is InChI=1S/C21H26N4O3/c1-2-27-20-23-19(28-24-20)16-10-13-8-9-18(16)25(12-13)21(26)22-17-11-15(17)14-6-4-3-5-7-14/h3-7,13,15-18H,2,8-12H2,1H3,(H,22,26). The third kappa shape index (κ3) is 3.23. The van der Waals surface area contributed by atoms with Crippen molar-refractivity contribution in [2.24, 2.45) is 5.92 Å². The van der Waals surface area contributed by atoms with Crippen molar-refractivity contribution in [3.8, 4) is 6.01 Å². The Balaban J connectivity index is 1.26. The number of benzene rings is 1. The van der Waals surface area contributed by atoms with Gasteiger partial charge in [0.15, 0.2) is 0 Å². The zero-order chi connectivity index (χ0) is 19.1.